The van der Waals surface area contributed by atoms with Crippen molar-refractivity contribution >= 4 is 21.7 Å². The molecule has 2 rings (SSSR count). The summed E-state index contributed by atoms with van der Waals surface area (Å²) in [5, 5.41) is 2.80. The van der Waals surface area contributed by atoms with Crippen LogP contribution in [0.1, 0.15) is 11.1 Å². The van der Waals surface area contributed by atoms with E-state index in [1.165, 1.54) is 12.1 Å². The minimum absolute atomic E-state index is 0.114. The number of guanidine groups is 1. The molecule has 0 atom stereocenters. The average molecular weight is 303 g/mol. The average Bonchev–Trinajstić information content (AvgIpc) is 2.41. The predicted octanol–water partition coefficient (Wildman–Crippen LogP) is 2.42. The molecule has 0 aliphatic rings. The fourth-order valence-electron chi connectivity index (χ4n) is 1.77. The molecule has 6 heteroatoms. The summed E-state index contributed by atoms with van der Waals surface area (Å²) in [5.74, 6) is -0.162. The molecule has 0 unspecified atom stereocenters. The lowest BCUT2D eigenvalue weighted by molar-refractivity contribution is 0.598. The van der Waals surface area contributed by atoms with Crippen LogP contribution in [0.2, 0.25) is 0 Å². The number of nitrogens with zero attached hydrogens (tertiary/aromatic N) is 1. The van der Waals surface area contributed by atoms with Crippen LogP contribution in [-0.4, -0.2) is 14.4 Å². The third kappa shape index (κ3) is 3.82. The maximum Gasteiger partial charge on any atom is 0.285 e. The molecule has 0 spiro atoms. The van der Waals surface area contributed by atoms with Crippen LogP contribution in [-0.2, 0) is 10.0 Å². The Kier molecular flexibility index (Phi) is 4.28. The Bertz CT molecular complexity index is 766. The maximum atomic E-state index is 12.1. The lowest BCUT2D eigenvalue weighted by Crippen LogP contribution is -2.24. The Labute approximate surface area is 124 Å². The van der Waals surface area contributed by atoms with Gasteiger partial charge in [0.15, 0.2) is 0 Å². The topological polar surface area (TPSA) is 84.5 Å². The highest BCUT2D eigenvalue weighted by Crippen LogP contribution is 2.15. The summed E-state index contributed by atoms with van der Waals surface area (Å²) in [6, 6.07) is 13.9. The van der Waals surface area contributed by atoms with E-state index in [1.54, 1.807) is 18.2 Å². The lowest BCUT2D eigenvalue weighted by Gasteiger charge is -2.08. The molecule has 0 saturated heterocycles. The van der Waals surface area contributed by atoms with Crippen molar-refractivity contribution < 1.29 is 8.42 Å². The third-order valence-corrected chi connectivity index (χ3v) is 4.25. The van der Waals surface area contributed by atoms with E-state index in [2.05, 4.69) is 9.71 Å². The van der Waals surface area contributed by atoms with Crippen molar-refractivity contribution in [2.24, 2.45) is 10.1 Å². The standard InChI is InChI=1S/C15H17N3O2S/c1-11-7-9-13(10-8-11)21(19,20)18-15(16)17-14-6-4-3-5-12(14)2/h3-10H,1-2H3,(H3,16,17,18). The number of hydrogen-bond donors (Lipinski definition) is 2. The number of nitrogens with one attached hydrogen (secondary N) is 1. The molecule has 0 aliphatic carbocycles. The van der Waals surface area contributed by atoms with Gasteiger partial charge in [0.25, 0.3) is 10.0 Å². The number of sulfonamides is 1. The fraction of sp³-hybridized carbons (Fsp3) is 0.133. The highest BCUT2D eigenvalue weighted by Gasteiger charge is 2.13. The first-order valence-corrected chi connectivity index (χ1v) is 7.82. The van der Waals surface area contributed by atoms with Crippen LogP contribution < -0.4 is 11.1 Å². The summed E-state index contributed by atoms with van der Waals surface area (Å²) in [6.45, 7) is 3.78. The van der Waals surface area contributed by atoms with Crippen molar-refractivity contribution in [3.8, 4) is 0 Å². The van der Waals surface area contributed by atoms with E-state index >= 15 is 0 Å². The summed E-state index contributed by atoms with van der Waals surface area (Å²) in [5.41, 5.74) is 8.33. The number of hydrogen-bond acceptors (Lipinski definition) is 2. The smallest absolute Gasteiger partial charge is 0.285 e. The van der Waals surface area contributed by atoms with Gasteiger partial charge in [0.2, 0.25) is 5.96 Å². The first kappa shape index (κ1) is 15.1. The lowest BCUT2D eigenvalue weighted by atomic mass is 10.2. The van der Waals surface area contributed by atoms with Crippen molar-refractivity contribution in [1.82, 2.24) is 0 Å². The monoisotopic (exact) mass is 303 g/mol. The molecule has 0 aliphatic heterocycles. The minimum atomic E-state index is -3.81. The molecule has 2 aromatic carbocycles. The predicted molar refractivity (Wildman–Crippen MR) is 84.8 cm³/mol. The van der Waals surface area contributed by atoms with Crippen molar-refractivity contribution in [3.63, 3.8) is 0 Å². The normalized spacial score (nSPS) is 12.2. The first-order chi connectivity index (χ1) is 9.88. The molecule has 0 amide bonds. The van der Waals surface area contributed by atoms with E-state index < -0.39 is 10.0 Å². The van der Waals surface area contributed by atoms with E-state index in [1.807, 2.05) is 32.0 Å². The molecule has 21 heavy (non-hydrogen) atoms. The van der Waals surface area contributed by atoms with Gasteiger partial charge >= 0.3 is 0 Å². The number of anilines is 1. The molecular formula is C15H17N3O2S. The van der Waals surface area contributed by atoms with E-state index in [9.17, 15) is 8.42 Å². The molecule has 0 saturated carbocycles. The summed E-state index contributed by atoms with van der Waals surface area (Å²) in [4.78, 5) is 0.114. The zero-order valence-corrected chi connectivity index (χ0v) is 12.7. The van der Waals surface area contributed by atoms with Gasteiger partial charge in [0, 0.05) is 5.69 Å². The molecule has 110 valence electrons. The quantitative estimate of drug-likeness (QED) is 0.673. The fourth-order valence-corrected chi connectivity index (χ4v) is 2.66. The van der Waals surface area contributed by atoms with Gasteiger partial charge < -0.3 is 11.1 Å². The summed E-state index contributed by atoms with van der Waals surface area (Å²) in [7, 11) is -3.81. The highest BCUT2D eigenvalue weighted by atomic mass is 32.2. The Hall–Kier alpha value is -2.34. The Morgan fingerprint density at radius 3 is 2.29 bits per heavy atom. The van der Waals surface area contributed by atoms with Crippen molar-refractivity contribution in [2.45, 2.75) is 18.7 Å². The van der Waals surface area contributed by atoms with Gasteiger partial charge in [-0.15, -0.1) is 4.40 Å². The zero-order valence-electron chi connectivity index (χ0n) is 11.9. The van der Waals surface area contributed by atoms with Crippen LogP contribution in [0.4, 0.5) is 5.69 Å². The Morgan fingerprint density at radius 1 is 1.05 bits per heavy atom. The molecular weight excluding hydrogens is 286 g/mol. The zero-order chi connectivity index (χ0) is 15.5. The second-order valence-electron chi connectivity index (χ2n) is 4.70. The van der Waals surface area contributed by atoms with E-state index in [4.69, 9.17) is 5.73 Å². The maximum absolute atomic E-state index is 12.1. The van der Waals surface area contributed by atoms with Crippen molar-refractivity contribution in [2.75, 3.05) is 5.32 Å². The molecule has 0 radical (unpaired) electrons. The van der Waals surface area contributed by atoms with Crippen molar-refractivity contribution in [1.29, 1.82) is 0 Å². The number of para-hydroxylation sites is 1. The molecule has 0 bridgehead atoms. The number of nitrogens with two attached hydrogens (primary N) is 1. The minimum Gasteiger partial charge on any atom is -0.369 e. The molecule has 0 fully saturated rings. The third-order valence-electron chi connectivity index (χ3n) is 2.95. The SMILES string of the molecule is Cc1ccc(S(=O)(=O)/N=C(\N)Nc2ccccc2C)cc1. The van der Waals surface area contributed by atoms with Crippen LogP contribution in [0.3, 0.4) is 0 Å². The molecule has 3 N–H and O–H groups in total. The van der Waals surface area contributed by atoms with Gasteiger partial charge in [-0.1, -0.05) is 35.9 Å². The van der Waals surface area contributed by atoms with Crippen LogP contribution in [0, 0.1) is 13.8 Å². The summed E-state index contributed by atoms with van der Waals surface area (Å²) < 4.78 is 27.8. The molecule has 5 nitrogen and oxygen atoms in total. The summed E-state index contributed by atoms with van der Waals surface area (Å²) in [6.07, 6.45) is 0. The van der Waals surface area contributed by atoms with Crippen LogP contribution in [0.5, 0.6) is 0 Å². The van der Waals surface area contributed by atoms with Crippen LogP contribution in [0.15, 0.2) is 57.8 Å². The molecule has 0 aromatic heterocycles. The second-order valence-corrected chi connectivity index (χ2v) is 6.31. The van der Waals surface area contributed by atoms with Gasteiger partial charge in [0.05, 0.1) is 4.90 Å². The van der Waals surface area contributed by atoms with Crippen LogP contribution in [0.25, 0.3) is 0 Å². The van der Waals surface area contributed by atoms with Crippen LogP contribution >= 0.6 is 0 Å². The van der Waals surface area contributed by atoms with Gasteiger partial charge in [-0.3, -0.25) is 0 Å². The van der Waals surface area contributed by atoms with E-state index in [0.29, 0.717) is 0 Å². The Morgan fingerprint density at radius 2 is 1.67 bits per heavy atom. The van der Waals surface area contributed by atoms with Gasteiger partial charge in [-0.2, -0.15) is 8.42 Å². The van der Waals surface area contributed by atoms with E-state index in [-0.39, 0.29) is 10.9 Å². The number of rotatable bonds is 3. The molecule has 0 heterocycles. The number of aryl methyl sites for hydroxylation is 2. The summed E-state index contributed by atoms with van der Waals surface area (Å²) >= 11 is 0. The van der Waals surface area contributed by atoms with Gasteiger partial charge in [0.1, 0.15) is 0 Å². The first-order valence-electron chi connectivity index (χ1n) is 6.38. The van der Waals surface area contributed by atoms with Crippen molar-refractivity contribution in [3.05, 3.63) is 59.7 Å². The van der Waals surface area contributed by atoms with Gasteiger partial charge in [-0.05, 0) is 37.6 Å². The number of benzene rings is 2. The largest absolute Gasteiger partial charge is 0.369 e. The van der Waals surface area contributed by atoms with E-state index in [0.717, 1.165) is 16.8 Å². The Balaban J connectivity index is 2.25. The van der Waals surface area contributed by atoms with Gasteiger partial charge in [-0.25, -0.2) is 0 Å². The molecule has 2 aromatic rings. The second kappa shape index (κ2) is 5.97. The highest BCUT2D eigenvalue weighted by molar-refractivity contribution is 7.90.